The topological polar surface area (TPSA) is 48.7 Å². The predicted molar refractivity (Wildman–Crippen MR) is 58.7 cm³/mol. The quantitative estimate of drug-likeness (QED) is 0.801. The van der Waals surface area contributed by atoms with Gasteiger partial charge in [-0.05, 0) is 36.4 Å². The molecule has 1 N–H and O–H groups in total. The molecule has 0 radical (unpaired) electrons. The van der Waals surface area contributed by atoms with Crippen LogP contribution in [0.3, 0.4) is 0 Å². The third kappa shape index (κ3) is 2.32. The Labute approximate surface area is 88.0 Å². The van der Waals surface area contributed by atoms with Gasteiger partial charge >= 0.3 is 0 Å². The fraction of sp³-hybridized carbons (Fsp3) is 0. The highest BCUT2D eigenvalue weighted by atomic mass is 14.9. The molecule has 1 heterocycles. The predicted octanol–water partition coefficient (Wildman–Crippen LogP) is 2.70. The molecule has 0 spiro atoms. The molecule has 0 aliphatic heterocycles. The standard InChI is InChI=1S/C12H9N3/c13-8-10-3-5-11(6-4-10)15-12-2-1-7-14-9-12/h1-7,9,15H. The maximum atomic E-state index is 8.64. The van der Waals surface area contributed by atoms with Crippen LogP contribution in [0.1, 0.15) is 5.56 Å². The van der Waals surface area contributed by atoms with Gasteiger partial charge in [-0.25, -0.2) is 0 Å². The second kappa shape index (κ2) is 4.25. The van der Waals surface area contributed by atoms with Gasteiger partial charge in [0.05, 0.1) is 23.5 Å². The SMILES string of the molecule is N#Cc1ccc(Nc2cccnc2)cc1. The number of hydrogen-bond donors (Lipinski definition) is 1. The van der Waals surface area contributed by atoms with E-state index >= 15 is 0 Å². The molecule has 72 valence electrons. The minimum atomic E-state index is 0.659. The molecule has 0 amide bonds. The Morgan fingerprint density at radius 2 is 1.87 bits per heavy atom. The van der Waals surface area contributed by atoms with Crippen LogP contribution >= 0.6 is 0 Å². The van der Waals surface area contributed by atoms with Crippen molar-refractivity contribution in [1.29, 1.82) is 5.26 Å². The third-order valence-electron chi connectivity index (χ3n) is 1.96. The molecule has 3 heteroatoms. The number of nitrogens with zero attached hydrogens (tertiary/aromatic N) is 2. The molecule has 0 saturated carbocycles. The summed E-state index contributed by atoms with van der Waals surface area (Å²) in [7, 11) is 0. The smallest absolute Gasteiger partial charge is 0.0991 e. The Bertz CT molecular complexity index is 468. The highest BCUT2D eigenvalue weighted by Gasteiger charge is 1.94. The first-order valence-corrected chi connectivity index (χ1v) is 4.56. The van der Waals surface area contributed by atoms with E-state index in [2.05, 4.69) is 16.4 Å². The highest BCUT2D eigenvalue weighted by Crippen LogP contribution is 2.15. The van der Waals surface area contributed by atoms with E-state index < -0.39 is 0 Å². The van der Waals surface area contributed by atoms with Gasteiger partial charge in [0.15, 0.2) is 0 Å². The van der Waals surface area contributed by atoms with E-state index in [1.807, 2.05) is 24.3 Å². The fourth-order valence-electron chi connectivity index (χ4n) is 1.23. The van der Waals surface area contributed by atoms with Gasteiger partial charge in [-0.2, -0.15) is 5.26 Å². The molecule has 2 aromatic rings. The summed E-state index contributed by atoms with van der Waals surface area (Å²) < 4.78 is 0. The number of hydrogen-bond acceptors (Lipinski definition) is 3. The van der Waals surface area contributed by atoms with Crippen molar-refractivity contribution in [3.05, 3.63) is 54.4 Å². The van der Waals surface area contributed by atoms with Crippen LogP contribution in [-0.4, -0.2) is 4.98 Å². The van der Waals surface area contributed by atoms with Gasteiger partial charge in [0.2, 0.25) is 0 Å². The molecule has 0 aliphatic rings. The second-order valence-electron chi connectivity index (χ2n) is 3.06. The van der Waals surface area contributed by atoms with Gasteiger partial charge in [-0.3, -0.25) is 4.98 Å². The van der Waals surface area contributed by atoms with Gasteiger partial charge in [0, 0.05) is 11.9 Å². The van der Waals surface area contributed by atoms with Gasteiger partial charge in [-0.1, -0.05) is 0 Å². The van der Waals surface area contributed by atoms with Gasteiger partial charge in [0.1, 0.15) is 0 Å². The van der Waals surface area contributed by atoms with Crippen molar-refractivity contribution < 1.29 is 0 Å². The summed E-state index contributed by atoms with van der Waals surface area (Å²) in [6, 6.07) is 13.2. The van der Waals surface area contributed by atoms with Crippen molar-refractivity contribution in [3.8, 4) is 6.07 Å². The number of rotatable bonds is 2. The number of anilines is 2. The lowest BCUT2D eigenvalue weighted by Gasteiger charge is -2.04. The van der Waals surface area contributed by atoms with Crippen LogP contribution in [0.25, 0.3) is 0 Å². The van der Waals surface area contributed by atoms with Crippen LogP contribution in [0.2, 0.25) is 0 Å². The number of aromatic nitrogens is 1. The summed E-state index contributed by atoms with van der Waals surface area (Å²) in [6.07, 6.45) is 3.47. The summed E-state index contributed by atoms with van der Waals surface area (Å²) in [6.45, 7) is 0. The molecule has 0 unspecified atom stereocenters. The van der Waals surface area contributed by atoms with E-state index in [1.54, 1.807) is 24.5 Å². The van der Waals surface area contributed by atoms with E-state index in [1.165, 1.54) is 0 Å². The first-order chi connectivity index (χ1) is 7.38. The maximum absolute atomic E-state index is 8.64. The van der Waals surface area contributed by atoms with Crippen molar-refractivity contribution in [1.82, 2.24) is 4.98 Å². The molecule has 2 rings (SSSR count). The number of benzene rings is 1. The molecule has 0 fully saturated rings. The van der Waals surface area contributed by atoms with Crippen LogP contribution in [0.4, 0.5) is 11.4 Å². The molecule has 0 saturated heterocycles. The number of nitriles is 1. The second-order valence-corrected chi connectivity index (χ2v) is 3.06. The molecule has 1 aromatic carbocycles. The van der Waals surface area contributed by atoms with Gasteiger partial charge in [0.25, 0.3) is 0 Å². The zero-order valence-electron chi connectivity index (χ0n) is 8.01. The van der Waals surface area contributed by atoms with Gasteiger partial charge < -0.3 is 5.32 Å². The van der Waals surface area contributed by atoms with Crippen LogP contribution in [0.5, 0.6) is 0 Å². The van der Waals surface area contributed by atoms with Crippen molar-refractivity contribution in [2.75, 3.05) is 5.32 Å². The highest BCUT2D eigenvalue weighted by molar-refractivity contribution is 5.59. The summed E-state index contributed by atoms with van der Waals surface area (Å²) >= 11 is 0. The lowest BCUT2D eigenvalue weighted by Crippen LogP contribution is -1.90. The Kier molecular flexibility index (Phi) is 2.61. The largest absolute Gasteiger partial charge is 0.354 e. The van der Waals surface area contributed by atoms with E-state index in [4.69, 9.17) is 5.26 Å². The molecule has 0 atom stereocenters. The number of nitrogens with one attached hydrogen (secondary N) is 1. The van der Waals surface area contributed by atoms with Crippen LogP contribution in [0.15, 0.2) is 48.8 Å². The summed E-state index contributed by atoms with van der Waals surface area (Å²) in [5.74, 6) is 0. The average Bonchev–Trinajstić information content (AvgIpc) is 2.31. The minimum absolute atomic E-state index is 0.659. The van der Waals surface area contributed by atoms with Crippen LogP contribution in [0, 0.1) is 11.3 Å². The molecule has 3 nitrogen and oxygen atoms in total. The summed E-state index contributed by atoms with van der Waals surface area (Å²) in [5, 5.41) is 11.8. The zero-order valence-corrected chi connectivity index (χ0v) is 8.01. The molecular formula is C12H9N3. The lowest BCUT2D eigenvalue weighted by atomic mass is 10.2. The minimum Gasteiger partial charge on any atom is -0.354 e. The monoisotopic (exact) mass is 195 g/mol. The van der Waals surface area contributed by atoms with E-state index in [0.717, 1.165) is 11.4 Å². The average molecular weight is 195 g/mol. The Morgan fingerprint density at radius 1 is 1.07 bits per heavy atom. The first kappa shape index (κ1) is 9.22. The third-order valence-corrected chi connectivity index (χ3v) is 1.96. The molecule has 0 bridgehead atoms. The number of pyridine rings is 1. The Hall–Kier alpha value is -2.34. The molecular weight excluding hydrogens is 186 g/mol. The summed E-state index contributed by atoms with van der Waals surface area (Å²) in [5.41, 5.74) is 2.54. The van der Waals surface area contributed by atoms with Crippen molar-refractivity contribution >= 4 is 11.4 Å². The van der Waals surface area contributed by atoms with Gasteiger partial charge in [-0.15, -0.1) is 0 Å². The van der Waals surface area contributed by atoms with Crippen LogP contribution in [-0.2, 0) is 0 Å². The van der Waals surface area contributed by atoms with E-state index in [-0.39, 0.29) is 0 Å². The summed E-state index contributed by atoms with van der Waals surface area (Å²) in [4.78, 5) is 4.00. The van der Waals surface area contributed by atoms with Crippen molar-refractivity contribution in [2.24, 2.45) is 0 Å². The fourth-order valence-corrected chi connectivity index (χ4v) is 1.23. The van der Waals surface area contributed by atoms with E-state index in [0.29, 0.717) is 5.56 Å². The van der Waals surface area contributed by atoms with Crippen molar-refractivity contribution in [2.45, 2.75) is 0 Å². The molecule has 0 aliphatic carbocycles. The Balaban J connectivity index is 2.16. The maximum Gasteiger partial charge on any atom is 0.0991 e. The normalized spacial score (nSPS) is 9.27. The zero-order chi connectivity index (χ0) is 10.5. The molecule has 1 aromatic heterocycles. The lowest BCUT2D eigenvalue weighted by molar-refractivity contribution is 1.32. The first-order valence-electron chi connectivity index (χ1n) is 4.56. The van der Waals surface area contributed by atoms with Crippen LogP contribution < -0.4 is 5.32 Å². The van der Waals surface area contributed by atoms with Crippen molar-refractivity contribution in [3.63, 3.8) is 0 Å². The van der Waals surface area contributed by atoms with E-state index in [9.17, 15) is 0 Å². The molecule has 15 heavy (non-hydrogen) atoms. The Morgan fingerprint density at radius 3 is 2.47 bits per heavy atom.